The number of carbonyl (C=O) groups is 1. The summed E-state index contributed by atoms with van der Waals surface area (Å²) in [5.41, 5.74) is 4.03. The molecular weight excluding hydrogens is 137 g/mol. The summed E-state index contributed by atoms with van der Waals surface area (Å²) in [6, 6.07) is 0. The first-order chi connectivity index (χ1) is 1.73. The van der Waals surface area contributed by atoms with Crippen LogP contribution in [0.15, 0.2) is 0 Å². The molecule has 0 saturated heterocycles. The van der Waals surface area contributed by atoms with Gasteiger partial charge in [-0.05, 0) is 0 Å². The minimum atomic E-state index is -1.33. The molecule has 5 heavy (non-hydrogen) atoms. The maximum atomic E-state index is 8.78. The van der Waals surface area contributed by atoms with Gasteiger partial charge in [-0.15, -0.1) is 0 Å². The molecule has 0 aliphatic rings. The van der Waals surface area contributed by atoms with E-state index in [0.717, 1.165) is 0 Å². The van der Waals surface area contributed by atoms with Gasteiger partial charge in [0.1, 0.15) is 0 Å². The minimum absolute atomic E-state index is 0. The standard InChI is InChI=1S/CH3NO2.Se/c2-1(3)4;/h2H2,(H,3,4);. The van der Waals surface area contributed by atoms with Gasteiger partial charge in [0.05, 0.1) is 0 Å². The molecule has 3 nitrogen and oxygen atoms in total. The van der Waals surface area contributed by atoms with Crippen LogP contribution in [-0.2, 0) is 0 Å². The Balaban J connectivity index is 0. The second-order valence-electron chi connectivity index (χ2n) is 0.338. The third-order valence-electron chi connectivity index (χ3n) is 0. The Morgan fingerprint density at radius 1 is 1.80 bits per heavy atom. The first-order valence-electron chi connectivity index (χ1n) is 0.716. The van der Waals surface area contributed by atoms with Crippen molar-refractivity contribution >= 4 is 23.2 Å². The van der Waals surface area contributed by atoms with Gasteiger partial charge in [-0.25, -0.2) is 4.79 Å². The zero-order valence-corrected chi connectivity index (χ0v) is 4.05. The van der Waals surface area contributed by atoms with Crippen molar-refractivity contribution in [2.75, 3.05) is 0 Å². The van der Waals surface area contributed by atoms with Crippen molar-refractivity contribution in [1.29, 1.82) is 0 Å². The Labute approximate surface area is 39.6 Å². The molecule has 0 fully saturated rings. The zero-order valence-electron chi connectivity index (χ0n) is 2.34. The average Bonchev–Trinajstić information content (AvgIpc) is 0.811. The summed E-state index contributed by atoms with van der Waals surface area (Å²) in [4.78, 5) is 8.78. The van der Waals surface area contributed by atoms with Crippen molar-refractivity contribution in [1.82, 2.24) is 0 Å². The molecule has 30 valence electrons. The number of hydrogen-bond acceptors (Lipinski definition) is 1. The van der Waals surface area contributed by atoms with Crippen LogP contribution in [0.25, 0.3) is 0 Å². The van der Waals surface area contributed by atoms with Crippen LogP contribution < -0.4 is 5.73 Å². The van der Waals surface area contributed by atoms with E-state index in [4.69, 9.17) is 9.90 Å². The van der Waals surface area contributed by atoms with Gasteiger partial charge >= 0.3 is 6.09 Å². The van der Waals surface area contributed by atoms with E-state index in [0.29, 0.717) is 0 Å². The molecule has 1 amide bonds. The van der Waals surface area contributed by atoms with Crippen LogP contribution in [0.1, 0.15) is 0 Å². The molecule has 0 aliphatic heterocycles. The second kappa shape index (κ2) is 3.79. The van der Waals surface area contributed by atoms with Crippen LogP contribution in [0, 0.1) is 0 Å². The first kappa shape index (κ1) is 8.84. The fourth-order valence-electron chi connectivity index (χ4n) is 0. The number of amides is 1. The van der Waals surface area contributed by atoms with Crippen molar-refractivity contribution in [2.45, 2.75) is 0 Å². The quantitative estimate of drug-likeness (QED) is 0.434. The van der Waals surface area contributed by atoms with Gasteiger partial charge < -0.3 is 10.8 Å². The number of rotatable bonds is 0. The molecule has 4 heteroatoms. The topological polar surface area (TPSA) is 63.3 Å². The van der Waals surface area contributed by atoms with E-state index in [2.05, 4.69) is 5.73 Å². The second-order valence-corrected chi connectivity index (χ2v) is 0.338. The molecule has 0 aliphatic carbocycles. The average molecular weight is 140 g/mol. The third kappa shape index (κ3) is 274. The molecule has 0 saturated carbocycles. The van der Waals surface area contributed by atoms with Gasteiger partial charge in [-0.3, -0.25) is 0 Å². The predicted octanol–water partition coefficient (Wildman–Crippen LogP) is -0.758. The van der Waals surface area contributed by atoms with Crippen LogP contribution >= 0.6 is 0 Å². The Kier molecular flexibility index (Phi) is 6.70. The number of primary amides is 1. The molecule has 2 radical (unpaired) electrons. The predicted molar refractivity (Wildman–Crippen MR) is 18.0 cm³/mol. The van der Waals surface area contributed by atoms with Crippen molar-refractivity contribution in [3.05, 3.63) is 0 Å². The van der Waals surface area contributed by atoms with Crippen molar-refractivity contribution < 1.29 is 9.90 Å². The van der Waals surface area contributed by atoms with Crippen LogP contribution in [-0.4, -0.2) is 28.3 Å². The monoisotopic (exact) mass is 141 g/mol. The molecule has 0 aromatic rings. The summed E-state index contributed by atoms with van der Waals surface area (Å²) in [5.74, 6) is 0. The largest absolute Gasteiger partial charge is 0.465 e. The Hall–Kier alpha value is -0.211. The normalized spacial score (nSPS) is 4.80. The maximum Gasteiger partial charge on any atom is 0.402 e. The molecule has 0 atom stereocenters. The number of hydrogen-bond donors (Lipinski definition) is 2. The zero-order chi connectivity index (χ0) is 3.58. The van der Waals surface area contributed by atoms with Gasteiger partial charge in [-0.2, -0.15) is 0 Å². The SMILES string of the molecule is NC(=O)O.[Se]. The molecular formula is CH3NO2Se. The molecule has 0 bridgehead atoms. The number of carboxylic acid groups (broad SMARTS) is 1. The summed E-state index contributed by atoms with van der Waals surface area (Å²) in [5, 5.41) is 7.19. The van der Waals surface area contributed by atoms with Gasteiger partial charge in [0.25, 0.3) is 0 Å². The fourth-order valence-corrected chi connectivity index (χ4v) is 0. The van der Waals surface area contributed by atoms with E-state index < -0.39 is 6.09 Å². The number of nitrogens with two attached hydrogens (primary N) is 1. The van der Waals surface area contributed by atoms with E-state index >= 15 is 0 Å². The molecule has 0 spiro atoms. The summed E-state index contributed by atoms with van der Waals surface area (Å²) in [7, 11) is 0. The van der Waals surface area contributed by atoms with Gasteiger partial charge in [0, 0.05) is 17.1 Å². The van der Waals surface area contributed by atoms with E-state index in [9.17, 15) is 0 Å². The molecule has 0 aromatic carbocycles. The summed E-state index contributed by atoms with van der Waals surface area (Å²) < 4.78 is 0. The van der Waals surface area contributed by atoms with E-state index in [1.807, 2.05) is 0 Å². The van der Waals surface area contributed by atoms with Crippen molar-refractivity contribution in [3.63, 3.8) is 0 Å². The van der Waals surface area contributed by atoms with Crippen LogP contribution in [0.3, 0.4) is 0 Å². The molecule has 0 aromatic heterocycles. The van der Waals surface area contributed by atoms with Crippen LogP contribution in [0.5, 0.6) is 0 Å². The van der Waals surface area contributed by atoms with Gasteiger partial charge in [-0.1, -0.05) is 0 Å². The third-order valence-corrected chi connectivity index (χ3v) is 0. The van der Waals surface area contributed by atoms with Gasteiger partial charge in [0.2, 0.25) is 0 Å². The van der Waals surface area contributed by atoms with Crippen LogP contribution in [0.2, 0.25) is 0 Å². The minimum Gasteiger partial charge on any atom is -0.465 e. The Bertz CT molecular complexity index is 32.6. The van der Waals surface area contributed by atoms with E-state index in [1.54, 1.807) is 0 Å². The Morgan fingerprint density at radius 3 is 1.80 bits per heavy atom. The van der Waals surface area contributed by atoms with E-state index in [1.165, 1.54) is 0 Å². The van der Waals surface area contributed by atoms with Crippen molar-refractivity contribution in [3.8, 4) is 0 Å². The molecule has 0 heterocycles. The molecule has 0 rings (SSSR count). The van der Waals surface area contributed by atoms with Gasteiger partial charge in [0.15, 0.2) is 0 Å². The van der Waals surface area contributed by atoms with Crippen LogP contribution in [0.4, 0.5) is 4.79 Å². The summed E-state index contributed by atoms with van der Waals surface area (Å²) in [6.07, 6.45) is -1.33. The Morgan fingerprint density at radius 2 is 1.80 bits per heavy atom. The van der Waals surface area contributed by atoms with E-state index in [-0.39, 0.29) is 17.1 Å². The fraction of sp³-hybridized carbons (Fsp3) is 0. The summed E-state index contributed by atoms with van der Waals surface area (Å²) >= 11 is 0. The van der Waals surface area contributed by atoms with Crippen molar-refractivity contribution in [2.24, 2.45) is 5.73 Å². The maximum absolute atomic E-state index is 8.78. The first-order valence-corrected chi connectivity index (χ1v) is 0.716. The molecule has 0 unspecified atom stereocenters. The molecule has 3 N–H and O–H groups in total. The smallest absolute Gasteiger partial charge is 0.402 e. The summed E-state index contributed by atoms with van der Waals surface area (Å²) in [6.45, 7) is 0.